The molecule has 9 heteroatoms. The molecule has 1 amide bonds. The Morgan fingerprint density at radius 2 is 1.48 bits per heavy atom. The van der Waals surface area contributed by atoms with E-state index in [4.69, 9.17) is 28.4 Å². The van der Waals surface area contributed by atoms with E-state index in [0.29, 0.717) is 19.8 Å². The number of aliphatic hydroxyl groups is 1. The van der Waals surface area contributed by atoms with Crippen molar-refractivity contribution in [3.05, 3.63) is 108 Å². The summed E-state index contributed by atoms with van der Waals surface area (Å²) in [7, 11) is 0. The Morgan fingerprint density at radius 1 is 0.810 bits per heavy atom. The number of ether oxygens (including phenoxy) is 6. The van der Waals surface area contributed by atoms with Crippen LogP contribution in [-0.2, 0) is 41.6 Å². The molecule has 5 rings (SSSR count). The highest BCUT2D eigenvalue weighted by Crippen LogP contribution is 2.35. The third kappa shape index (κ3) is 8.61. The van der Waals surface area contributed by atoms with Crippen LogP contribution in [0.5, 0.6) is 0 Å². The van der Waals surface area contributed by atoms with E-state index in [1.165, 1.54) is 0 Å². The summed E-state index contributed by atoms with van der Waals surface area (Å²) in [6, 6.07) is 29.0. The van der Waals surface area contributed by atoms with Crippen LogP contribution in [0.15, 0.2) is 91.0 Å². The van der Waals surface area contributed by atoms with E-state index in [0.717, 1.165) is 36.0 Å². The van der Waals surface area contributed by atoms with Gasteiger partial charge < -0.3 is 38.8 Å². The smallest absolute Gasteiger partial charge is 0.407 e. The van der Waals surface area contributed by atoms with Gasteiger partial charge in [-0.25, -0.2) is 4.79 Å². The van der Waals surface area contributed by atoms with E-state index >= 15 is 0 Å². The van der Waals surface area contributed by atoms with Crippen LogP contribution in [0, 0.1) is 0 Å². The highest BCUT2D eigenvalue weighted by Gasteiger charge is 2.50. The number of rotatable bonds is 13. The van der Waals surface area contributed by atoms with Crippen LogP contribution in [0.2, 0.25) is 0 Å². The van der Waals surface area contributed by atoms with Crippen molar-refractivity contribution < 1.29 is 38.3 Å². The van der Waals surface area contributed by atoms with Crippen molar-refractivity contribution in [1.29, 1.82) is 0 Å². The Hall–Kier alpha value is -3.31. The number of carbonyl (C=O) groups excluding carboxylic acids is 1. The lowest BCUT2D eigenvalue weighted by atomic mass is 9.97. The van der Waals surface area contributed by atoms with Gasteiger partial charge in [0.25, 0.3) is 0 Å². The fraction of sp³-hybridized carbons (Fsp3) is 0.424. The largest absolute Gasteiger partial charge is 0.445 e. The summed E-state index contributed by atoms with van der Waals surface area (Å²) in [5, 5.41) is 14.2. The molecule has 2 N–H and O–H groups in total. The number of hydrogen-bond donors (Lipinski definition) is 2. The van der Waals surface area contributed by atoms with E-state index in [1.54, 1.807) is 0 Å². The second-order valence-electron chi connectivity index (χ2n) is 10.4. The molecule has 0 aliphatic carbocycles. The highest BCUT2D eigenvalue weighted by molar-refractivity contribution is 5.67. The number of hydrogen-bond acceptors (Lipinski definition) is 8. The van der Waals surface area contributed by atoms with Gasteiger partial charge in [0.05, 0.1) is 13.2 Å². The second kappa shape index (κ2) is 15.8. The van der Waals surface area contributed by atoms with Gasteiger partial charge >= 0.3 is 6.09 Å². The minimum Gasteiger partial charge on any atom is -0.445 e. The fourth-order valence-electron chi connectivity index (χ4n) is 4.99. The van der Waals surface area contributed by atoms with Gasteiger partial charge in [-0.15, -0.1) is 0 Å². The van der Waals surface area contributed by atoms with Crippen LogP contribution in [-0.4, -0.2) is 61.7 Å². The van der Waals surface area contributed by atoms with Crippen LogP contribution in [0.3, 0.4) is 0 Å². The molecule has 2 heterocycles. The average molecular weight is 578 g/mol. The van der Waals surface area contributed by atoms with E-state index in [9.17, 15) is 9.90 Å². The zero-order valence-corrected chi connectivity index (χ0v) is 23.6. The Balaban J connectivity index is 1.08. The monoisotopic (exact) mass is 577 g/mol. The van der Waals surface area contributed by atoms with Gasteiger partial charge in [-0.1, -0.05) is 91.0 Å². The average Bonchev–Trinajstić information content (AvgIpc) is 3.04. The Kier molecular flexibility index (Phi) is 11.3. The molecule has 2 aliphatic rings. The van der Waals surface area contributed by atoms with Crippen LogP contribution in [0.1, 0.15) is 42.2 Å². The molecule has 2 saturated heterocycles. The number of amides is 1. The molecule has 0 radical (unpaired) electrons. The van der Waals surface area contributed by atoms with Crippen LogP contribution in [0.25, 0.3) is 0 Å². The van der Waals surface area contributed by atoms with E-state index in [-0.39, 0.29) is 13.2 Å². The Morgan fingerprint density at radius 3 is 2.19 bits per heavy atom. The predicted octanol–water partition coefficient (Wildman–Crippen LogP) is 4.89. The molecule has 42 heavy (non-hydrogen) atoms. The van der Waals surface area contributed by atoms with Crippen molar-refractivity contribution in [2.75, 3.05) is 19.8 Å². The summed E-state index contributed by atoms with van der Waals surface area (Å²) in [4.78, 5) is 11.9. The fourth-order valence-corrected chi connectivity index (χ4v) is 4.99. The van der Waals surface area contributed by atoms with Crippen molar-refractivity contribution >= 4 is 6.09 Å². The maximum atomic E-state index is 11.9. The molecule has 2 fully saturated rings. The predicted molar refractivity (Wildman–Crippen MR) is 154 cm³/mol. The quantitative estimate of drug-likeness (QED) is 0.277. The Labute approximate surface area is 246 Å². The summed E-state index contributed by atoms with van der Waals surface area (Å²) in [6.45, 7) is 1.72. The van der Waals surface area contributed by atoms with Gasteiger partial charge in [0.2, 0.25) is 0 Å². The third-order valence-electron chi connectivity index (χ3n) is 7.25. The number of fused-ring (bicyclic) bond motifs is 1. The van der Waals surface area contributed by atoms with Crippen molar-refractivity contribution in [3.63, 3.8) is 0 Å². The molecule has 0 bridgehead atoms. The first-order valence-electron chi connectivity index (χ1n) is 14.5. The molecule has 9 nitrogen and oxygen atoms in total. The van der Waals surface area contributed by atoms with E-state index in [2.05, 4.69) is 5.32 Å². The van der Waals surface area contributed by atoms with Gasteiger partial charge in [0, 0.05) is 18.7 Å². The normalized spacial score (nSPS) is 25.4. The summed E-state index contributed by atoms with van der Waals surface area (Å²) >= 11 is 0. The van der Waals surface area contributed by atoms with Crippen molar-refractivity contribution in [1.82, 2.24) is 5.32 Å². The van der Waals surface area contributed by atoms with Crippen molar-refractivity contribution in [2.24, 2.45) is 0 Å². The summed E-state index contributed by atoms with van der Waals surface area (Å²) in [6.07, 6.45) is -2.29. The third-order valence-corrected chi connectivity index (χ3v) is 7.25. The number of benzene rings is 3. The molecule has 224 valence electrons. The molecule has 6 atom stereocenters. The van der Waals surface area contributed by atoms with Crippen molar-refractivity contribution in [2.45, 2.75) is 69.5 Å². The van der Waals surface area contributed by atoms with Crippen LogP contribution < -0.4 is 5.32 Å². The molecule has 3 aromatic rings. The molecule has 3 unspecified atom stereocenters. The van der Waals surface area contributed by atoms with Gasteiger partial charge in [-0.3, -0.25) is 0 Å². The second-order valence-corrected chi connectivity index (χ2v) is 10.4. The first-order chi connectivity index (χ1) is 20.7. The van der Waals surface area contributed by atoms with Gasteiger partial charge in [-0.05, 0) is 30.4 Å². The number of unbranched alkanes of at least 4 members (excludes halogenated alkanes) is 2. The lowest BCUT2D eigenvalue weighted by molar-refractivity contribution is -0.367. The zero-order valence-electron chi connectivity index (χ0n) is 23.6. The first kappa shape index (κ1) is 30.2. The molecule has 0 aromatic heterocycles. The summed E-state index contributed by atoms with van der Waals surface area (Å²) in [5.41, 5.74) is 2.80. The van der Waals surface area contributed by atoms with E-state index in [1.807, 2.05) is 91.0 Å². The summed E-state index contributed by atoms with van der Waals surface area (Å²) in [5.74, 6) is 0. The minimum atomic E-state index is -0.973. The topological polar surface area (TPSA) is 105 Å². The lowest BCUT2D eigenvalue weighted by Crippen LogP contribution is -2.62. The first-order valence-corrected chi connectivity index (χ1v) is 14.5. The maximum absolute atomic E-state index is 11.9. The van der Waals surface area contributed by atoms with Crippen molar-refractivity contribution in [3.8, 4) is 0 Å². The molecule has 3 aromatic carbocycles. The molecular formula is C33H39NO8. The number of carbonyl (C=O) groups is 1. The van der Waals surface area contributed by atoms with Gasteiger partial charge in [0.1, 0.15) is 31.0 Å². The van der Waals surface area contributed by atoms with E-state index < -0.39 is 43.1 Å². The number of aliphatic hydroxyl groups excluding tert-OH is 1. The minimum absolute atomic E-state index is 0.242. The molecule has 0 saturated carbocycles. The van der Waals surface area contributed by atoms with Crippen LogP contribution >= 0.6 is 0 Å². The number of alkyl carbamates (subject to hydrolysis) is 1. The highest BCUT2D eigenvalue weighted by atomic mass is 16.8. The van der Waals surface area contributed by atoms with Gasteiger partial charge in [0.15, 0.2) is 12.6 Å². The lowest BCUT2D eigenvalue weighted by Gasteiger charge is -2.47. The zero-order chi connectivity index (χ0) is 29.0. The molecule has 2 aliphatic heterocycles. The van der Waals surface area contributed by atoms with Gasteiger partial charge in [-0.2, -0.15) is 0 Å². The van der Waals surface area contributed by atoms with Crippen LogP contribution in [0.4, 0.5) is 4.79 Å². The molecular weight excluding hydrogens is 538 g/mol. The SMILES string of the molecule is O=C(NCCCCCO[C@H]1OC2COC(c3ccccc3)O[C@@H]2[C@H](O)C1OCc1ccccc1)OCc1ccccc1. The summed E-state index contributed by atoms with van der Waals surface area (Å²) < 4.78 is 35.9. The molecule has 0 spiro atoms. The standard InChI is InChI=1S/C33H39NO8/c35-28-29-27(23-39-31(42-29)26-17-9-3-10-18-26)41-32(30(28)38-21-24-13-5-1-6-14-24)37-20-12-4-11-19-34-33(36)40-22-25-15-7-2-8-16-25/h1-3,5-10,13-18,27-32,35H,4,11-12,19-23H2,(H,34,36)/t27?,28-,29-,30?,31?,32-/m0/s1. The Bertz CT molecular complexity index is 1200. The number of nitrogens with one attached hydrogen (secondary N) is 1. The maximum Gasteiger partial charge on any atom is 0.407 e.